The van der Waals surface area contributed by atoms with Gasteiger partial charge >= 0.3 is 0 Å². The summed E-state index contributed by atoms with van der Waals surface area (Å²) in [5.41, 5.74) is 1.93. The Morgan fingerprint density at radius 3 is 3.15 bits per heavy atom. The topological polar surface area (TPSA) is 44.1 Å². The van der Waals surface area contributed by atoms with Crippen LogP contribution in [0.1, 0.15) is 24.8 Å². The van der Waals surface area contributed by atoms with Crippen molar-refractivity contribution >= 4 is 10.9 Å². The molecule has 0 radical (unpaired) electrons. The highest BCUT2D eigenvalue weighted by molar-refractivity contribution is 5.80. The predicted molar refractivity (Wildman–Crippen MR) is 78.9 cm³/mol. The fourth-order valence-corrected chi connectivity index (χ4v) is 2.85. The Bertz CT molecular complexity index is 657. The van der Waals surface area contributed by atoms with E-state index >= 15 is 0 Å². The number of rotatable bonds is 3. The lowest BCUT2D eigenvalue weighted by molar-refractivity contribution is 0.0499. The summed E-state index contributed by atoms with van der Waals surface area (Å²) in [5, 5.41) is 0.715. The predicted octanol–water partition coefficient (Wildman–Crippen LogP) is 2.52. The third kappa shape index (κ3) is 2.61. The van der Waals surface area contributed by atoms with Crippen molar-refractivity contribution in [1.29, 1.82) is 0 Å². The molecule has 0 bridgehead atoms. The molecule has 1 saturated heterocycles. The molecule has 1 atom stereocenters. The van der Waals surface area contributed by atoms with Crippen LogP contribution in [0.15, 0.2) is 29.3 Å². The van der Waals surface area contributed by atoms with Gasteiger partial charge in [0.05, 0.1) is 17.2 Å². The van der Waals surface area contributed by atoms with Crippen LogP contribution in [0.5, 0.6) is 0 Å². The second-order valence-corrected chi connectivity index (χ2v) is 5.59. The molecule has 4 heteroatoms. The van der Waals surface area contributed by atoms with Crippen LogP contribution in [0.25, 0.3) is 10.9 Å². The number of hydrogen-bond acceptors (Lipinski definition) is 3. The zero-order valence-electron chi connectivity index (χ0n) is 11.8. The minimum absolute atomic E-state index is 0.0652. The van der Waals surface area contributed by atoms with Crippen molar-refractivity contribution in [2.75, 3.05) is 13.2 Å². The molecular weight excluding hydrogens is 252 g/mol. The Kier molecular flexibility index (Phi) is 3.83. The number of ether oxygens (including phenoxy) is 1. The van der Waals surface area contributed by atoms with E-state index in [4.69, 9.17) is 4.74 Å². The molecule has 0 unspecified atom stereocenters. The van der Waals surface area contributed by atoms with E-state index in [1.54, 1.807) is 10.9 Å². The van der Waals surface area contributed by atoms with Crippen molar-refractivity contribution in [3.05, 3.63) is 40.4 Å². The van der Waals surface area contributed by atoms with E-state index in [1.807, 2.05) is 25.1 Å². The number of hydrogen-bond donors (Lipinski definition) is 0. The van der Waals surface area contributed by atoms with Gasteiger partial charge in [0.1, 0.15) is 0 Å². The normalized spacial score (nSPS) is 19.4. The molecule has 2 heterocycles. The molecule has 2 aromatic rings. The van der Waals surface area contributed by atoms with E-state index in [-0.39, 0.29) is 5.56 Å². The van der Waals surface area contributed by atoms with E-state index in [1.165, 1.54) is 6.42 Å². The third-order valence-corrected chi connectivity index (χ3v) is 4.09. The molecule has 1 aliphatic rings. The quantitative estimate of drug-likeness (QED) is 0.862. The number of nitrogens with zero attached hydrogens (tertiary/aromatic N) is 2. The Morgan fingerprint density at radius 2 is 2.35 bits per heavy atom. The monoisotopic (exact) mass is 272 g/mol. The van der Waals surface area contributed by atoms with Crippen LogP contribution >= 0.6 is 0 Å². The molecule has 0 aliphatic carbocycles. The lowest BCUT2D eigenvalue weighted by Crippen LogP contribution is -2.24. The van der Waals surface area contributed by atoms with Crippen LogP contribution < -0.4 is 5.56 Å². The van der Waals surface area contributed by atoms with E-state index in [9.17, 15) is 4.79 Å². The van der Waals surface area contributed by atoms with Crippen molar-refractivity contribution < 1.29 is 4.74 Å². The van der Waals surface area contributed by atoms with Gasteiger partial charge in [0.15, 0.2) is 0 Å². The smallest absolute Gasteiger partial charge is 0.261 e. The highest BCUT2D eigenvalue weighted by atomic mass is 16.5. The molecule has 1 aromatic heterocycles. The summed E-state index contributed by atoms with van der Waals surface area (Å²) in [6, 6.07) is 5.76. The van der Waals surface area contributed by atoms with E-state index in [0.29, 0.717) is 11.3 Å². The number of aryl methyl sites for hydroxylation is 2. The molecule has 0 N–H and O–H groups in total. The van der Waals surface area contributed by atoms with Crippen LogP contribution in [-0.2, 0) is 11.3 Å². The Balaban J connectivity index is 1.81. The maximum atomic E-state index is 12.4. The molecule has 3 rings (SSSR count). The molecule has 1 aliphatic heterocycles. The minimum atomic E-state index is 0.0652. The minimum Gasteiger partial charge on any atom is -0.381 e. The molecule has 1 aromatic carbocycles. The van der Waals surface area contributed by atoms with Gasteiger partial charge in [-0.05, 0) is 43.7 Å². The van der Waals surface area contributed by atoms with Crippen molar-refractivity contribution in [2.45, 2.75) is 32.7 Å². The van der Waals surface area contributed by atoms with Crippen LogP contribution in [0.2, 0.25) is 0 Å². The Morgan fingerprint density at radius 1 is 1.45 bits per heavy atom. The van der Waals surface area contributed by atoms with Gasteiger partial charge in [-0.1, -0.05) is 12.1 Å². The van der Waals surface area contributed by atoms with E-state index in [0.717, 1.165) is 43.7 Å². The SMILES string of the molecule is Cc1cccc2c(=O)n(CC[C@@H]3CCCOC3)cnc12. The molecule has 4 nitrogen and oxygen atoms in total. The lowest BCUT2D eigenvalue weighted by atomic mass is 9.99. The molecular formula is C16H20N2O2. The van der Waals surface area contributed by atoms with Crippen molar-refractivity contribution in [2.24, 2.45) is 5.92 Å². The van der Waals surface area contributed by atoms with Gasteiger partial charge in [-0.2, -0.15) is 0 Å². The average molecular weight is 272 g/mol. The largest absolute Gasteiger partial charge is 0.381 e. The van der Waals surface area contributed by atoms with E-state index < -0.39 is 0 Å². The molecule has 1 fully saturated rings. The van der Waals surface area contributed by atoms with E-state index in [2.05, 4.69) is 4.98 Å². The first-order chi connectivity index (χ1) is 9.75. The van der Waals surface area contributed by atoms with Crippen LogP contribution in [0.3, 0.4) is 0 Å². The molecule has 20 heavy (non-hydrogen) atoms. The summed E-state index contributed by atoms with van der Waals surface area (Å²) in [6.07, 6.45) is 5.00. The zero-order valence-corrected chi connectivity index (χ0v) is 11.8. The van der Waals surface area contributed by atoms with Gasteiger partial charge in [0.25, 0.3) is 5.56 Å². The summed E-state index contributed by atoms with van der Waals surface area (Å²) >= 11 is 0. The first kappa shape index (κ1) is 13.3. The number of para-hydroxylation sites is 1. The summed E-state index contributed by atoms with van der Waals surface area (Å²) in [4.78, 5) is 16.9. The summed E-state index contributed by atoms with van der Waals surface area (Å²) in [6.45, 7) is 4.42. The highest BCUT2D eigenvalue weighted by Crippen LogP contribution is 2.18. The average Bonchev–Trinajstić information content (AvgIpc) is 2.48. The molecule has 0 spiro atoms. The van der Waals surface area contributed by atoms with Gasteiger partial charge in [0.2, 0.25) is 0 Å². The van der Waals surface area contributed by atoms with Gasteiger partial charge in [-0.15, -0.1) is 0 Å². The summed E-state index contributed by atoms with van der Waals surface area (Å²) < 4.78 is 7.22. The maximum Gasteiger partial charge on any atom is 0.261 e. The zero-order chi connectivity index (χ0) is 13.9. The second-order valence-electron chi connectivity index (χ2n) is 5.59. The van der Waals surface area contributed by atoms with Gasteiger partial charge < -0.3 is 4.74 Å². The fourth-order valence-electron chi connectivity index (χ4n) is 2.85. The second kappa shape index (κ2) is 5.75. The Hall–Kier alpha value is -1.68. The summed E-state index contributed by atoms with van der Waals surface area (Å²) in [5.74, 6) is 0.573. The molecule has 106 valence electrons. The number of fused-ring (bicyclic) bond motifs is 1. The van der Waals surface area contributed by atoms with Crippen LogP contribution in [0, 0.1) is 12.8 Å². The maximum absolute atomic E-state index is 12.4. The molecule has 0 amide bonds. The first-order valence-electron chi connectivity index (χ1n) is 7.28. The lowest BCUT2D eigenvalue weighted by Gasteiger charge is -2.22. The third-order valence-electron chi connectivity index (χ3n) is 4.09. The van der Waals surface area contributed by atoms with Crippen molar-refractivity contribution in [3.8, 4) is 0 Å². The molecule has 0 saturated carbocycles. The number of benzene rings is 1. The van der Waals surface area contributed by atoms with Gasteiger partial charge in [-0.25, -0.2) is 4.98 Å². The highest BCUT2D eigenvalue weighted by Gasteiger charge is 2.14. The first-order valence-corrected chi connectivity index (χ1v) is 7.28. The Labute approximate surface area is 118 Å². The van der Waals surface area contributed by atoms with Crippen molar-refractivity contribution in [3.63, 3.8) is 0 Å². The van der Waals surface area contributed by atoms with Gasteiger partial charge in [0, 0.05) is 19.8 Å². The van der Waals surface area contributed by atoms with Crippen LogP contribution in [0.4, 0.5) is 0 Å². The summed E-state index contributed by atoms with van der Waals surface area (Å²) in [7, 11) is 0. The fraction of sp³-hybridized carbons (Fsp3) is 0.500. The standard InChI is InChI=1S/C16H20N2O2/c1-12-4-2-6-14-15(12)17-11-18(16(14)19)8-7-13-5-3-9-20-10-13/h2,4,6,11,13H,3,5,7-10H2,1H3/t13-/m0/s1. The number of aromatic nitrogens is 2. The van der Waals surface area contributed by atoms with Gasteiger partial charge in [-0.3, -0.25) is 9.36 Å². The van der Waals surface area contributed by atoms with Crippen LogP contribution in [-0.4, -0.2) is 22.8 Å². The van der Waals surface area contributed by atoms with Crippen molar-refractivity contribution in [1.82, 2.24) is 9.55 Å².